The Bertz CT molecular complexity index is 1360. The highest BCUT2D eigenvalue weighted by Crippen LogP contribution is 2.48. The molecule has 0 saturated heterocycles. The molecule has 3 heterocycles. The van der Waals surface area contributed by atoms with E-state index >= 15 is 0 Å². The molecule has 3 aromatic rings. The van der Waals surface area contributed by atoms with Crippen LogP contribution in [0.1, 0.15) is 54.6 Å². The number of aromatic nitrogens is 3. The number of nitrogens with one attached hydrogen (secondary N) is 3. The summed E-state index contributed by atoms with van der Waals surface area (Å²) in [5.41, 5.74) is 3.56. The maximum Gasteiger partial charge on any atom is 0.404 e. The molecule has 2 aliphatic carbocycles. The van der Waals surface area contributed by atoms with Crippen molar-refractivity contribution >= 4 is 23.0 Å². The van der Waals surface area contributed by atoms with Gasteiger partial charge in [-0.3, -0.25) is 4.79 Å². The standard InChI is InChI=1S/C26H29N5O6/c1-13-19(25(32)30-15-4-6-16(7-5-15)31-26(33)34)21-23(29-13)22(28-11-27-21)20-17(35-10-14-2-3-14)8-9-18-24(20)37-12-36-18/h8-9,11,14-16,29,31H,2-7,10,12H2,1H3,(H,30,32)(H,33,34)/t15-,16-. The predicted molar refractivity (Wildman–Crippen MR) is 133 cm³/mol. The van der Waals surface area contributed by atoms with E-state index in [0.717, 1.165) is 0 Å². The number of amides is 2. The normalized spacial score (nSPS) is 20.6. The van der Waals surface area contributed by atoms with E-state index in [9.17, 15) is 9.59 Å². The van der Waals surface area contributed by atoms with Crippen molar-refractivity contribution in [2.75, 3.05) is 13.4 Å². The fourth-order valence-electron chi connectivity index (χ4n) is 5.19. The van der Waals surface area contributed by atoms with Crippen LogP contribution in [0.4, 0.5) is 4.79 Å². The third-order valence-corrected chi connectivity index (χ3v) is 7.30. The first kappa shape index (κ1) is 23.4. The first-order valence-corrected chi connectivity index (χ1v) is 12.7. The lowest BCUT2D eigenvalue weighted by atomic mass is 9.91. The highest BCUT2D eigenvalue weighted by Gasteiger charge is 2.30. The number of H-pyrrole nitrogens is 1. The summed E-state index contributed by atoms with van der Waals surface area (Å²) in [6.45, 7) is 2.58. The van der Waals surface area contributed by atoms with Crippen LogP contribution >= 0.6 is 0 Å². The smallest absolute Gasteiger partial charge is 0.404 e. The van der Waals surface area contributed by atoms with Crippen LogP contribution in [-0.2, 0) is 0 Å². The number of hydrogen-bond acceptors (Lipinski definition) is 7. The second-order valence-corrected chi connectivity index (χ2v) is 9.97. The molecule has 0 radical (unpaired) electrons. The summed E-state index contributed by atoms with van der Waals surface area (Å²) in [5, 5.41) is 14.6. The number of hydrogen-bond donors (Lipinski definition) is 4. The summed E-state index contributed by atoms with van der Waals surface area (Å²) >= 11 is 0. The van der Waals surface area contributed by atoms with E-state index in [1.54, 1.807) is 0 Å². The third-order valence-electron chi connectivity index (χ3n) is 7.30. The lowest BCUT2D eigenvalue weighted by Gasteiger charge is -2.28. The Morgan fingerprint density at radius 3 is 2.57 bits per heavy atom. The van der Waals surface area contributed by atoms with Crippen molar-refractivity contribution in [2.45, 2.75) is 57.5 Å². The van der Waals surface area contributed by atoms with Crippen molar-refractivity contribution in [1.29, 1.82) is 0 Å². The first-order valence-electron chi connectivity index (χ1n) is 12.7. The van der Waals surface area contributed by atoms with Gasteiger partial charge in [-0.2, -0.15) is 0 Å². The number of ether oxygens (including phenoxy) is 3. The van der Waals surface area contributed by atoms with E-state index in [4.69, 9.17) is 19.3 Å². The topological polar surface area (TPSA) is 148 Å². The molecule has 11 nitrogen and oxygen atoms in total. The average Bonchev–Trinajstić information content (AvgIpc) is 3.46. The Hall–Kier alpha value is -4.02. The van der Waals surface area contributed by atoms with Crippen molar-refractivity contribution in [3.05, 3.63) is 29.7 Å². The molecule has 2 saturated carbocycles. The Kier molecular flexibility index (Phi) is 5.97. The van der Waals surface area contributed by atoms with Gasteiger partial charge in [0.05, 0.1) is 23.3 Å². The summed E-state index contributed by atoms with van der Waals surface area (Å²) in [7, 11) is 0. The molecule has 2 aromatic heterocycles. The molecule has 0 spiro atoms. The Labute approximate surface area is 212 Å². The monoisotopic (exact) mass is 507 g/mol. The number of benzene rings is 1. The van der Waals surface area contributed by atoms with Gasteiger partial charge < -0.3 is 34.9 Å². The van der Waals surface area contributed by atoms with Crippen molar-refractivity contribution in [3.63, 3.8) is 0 Å². The molecule has 1 aliphatic heterocycles. The average molecular weight is 508 g/mol. The zero-order chi connectivity index (χ0) is 25.5. The van der Waals surface area contributed by atoms with Crippen LogP contribution in [0, 0.1) is 12.8 Å². The highest BCUT2D eigenvalue weighted by molar-refractivity contribution is 6.09. The van der Waals surface area contributed by atoms with Gasteiger partial charge in [-0.15, -0.1) is 0 Å². The summed E-state index contributed by atoms with van der Waals surface area (Å²) < 4.78 is 17.6. The molecular weight excluding hydrogens is 478 g/mol. The summed E-state index contributed by atoms with van der Waals surface area (Å²) in [4.78, 5) is 36.7. The predicted octanol–water partition coefficient (Wildman–Crippen LogP) is 3.76. The van der Waals surface area contributed by atoms with Crippen LogP contribution in [-0.4, -0.2) is 57.5 Å². The number of aryl methyl sites for hydroxylation is 1. The molecule has 37 heavy (non-hydrogen) atoms. The van der Waals surface area contributed by atoms with E-state index in [-0.39, 0.29) is 24.8 Å². The van der Waals surface area contributed by atoms with Crippen molar-refractivity contribution < 1.29 is 28.9 Å². The number of carboxylic acid groups (broad SMARTS) is 1. The number of aromatic amines is 1. The van der Waals surface area contributed by atoms with Crippen molar-refractivity contribution in [2.24, 2.45) is 5.92 Å². The molecule has 0 unspecified atom stereocenters. The second kappa shape index (κ2) is 9.45. The van der Waals surface area contributed by atoms with E-state index in [2.05, 4.69) is 25.6 Å². The molecule has 11 heteroatoms. The number of carbonyl (C=O) groups is 2. The second-order valence-electron chi connectivity index (χ2n) is 9.97. The van der Waals surface area contributed by atoms with E-state index < -0.39 is 6.09 Å². The minimum atomic E-state index is -1.01. The molecule has 194 valence electrons. The lowest BCUT2D eigenvalue weighted by Crippen LogP contribution is -2.43. The van der Waals surface area contributed by atoms with Gasteiger partial charge in [0.2, 0.25) is 6.79 Å². The van der Waals surface area contributed by atoms with Crippen LogP contribution in [0.5, 0.6) is 17.2 Å². The molecule has 0 atom stereocenters. The van der Waals surface area contributed by atoms with Gasteiger partial charge in [-0.05, 0) is 63.5 Å². The Balaban J connectivity index is 1.30. The minimum absolute atomic E-state index is 0.0321. The van der Waals surface area contributed by atoms with Gasteiger partial charge in [0.1, 0.15) is 23.3 Å². The molecule has 4 N–H and O–H groups in total. The Morgan fingerprint density at radius 1 is 1.08 bits per heavy atom. The largest absolute Gasteiger partial charge is 0.492 e. The number of carbonyl (C=O) groups excluding carboxylic acids is 1. The molecule has 2 amide bonds. The van der Waals surface area contributed by atoms with Gasteiger partial charge in [0.25, 0.3) is 5.91 Å². The quantitative estimate of drug-likeness (QED) is 0.378. The minimum Gasteiger partial charge on any atom is -0.492 e. The van der Waals surface area contributed by atoms with Gasteiger partial charge in [0.15, 0.2) is 11.5 Å². The van der Waals surface area contributed by atoms with E-state index in [1.807, 2.05) is 19.1 Å². The molecule has 2 fully saturated rings. The molecule has 1 aromatic carbocycles. The van der Waals surface area contributed by atoms with Gasteiger partial charge in [-0.1, -0.05) is 0 Å². The third kappa shape index (κ3) is 4.61. The van der Waals surface area contributed by atoms with Crippen LogP contribution in [0.15, 0.2) is 18.5 Å². The summed E-state index contributed by atoms with van der Waals surface area (Å²) in [6, 6.07) is 3.60. The molecule has 6 rings (SSSR count). The van der Waals surface area contributed by atoms with Crippen molar-refractivity contribution in [1.82, 2.24) is 25.6 Å². The van der Waals surface area contributed by atoms with Gasteiger partial charge >= 0.3 is 6.09 Å². The maximum absolute atomic E-state index is 13.4. The fourth-order valence-corrected chi connectivity index (χ4v) is 5.19. The van der Waals surface area contributed by atoms with Crippen LogP contribution < -0.4 is 24.8 Å². The van der Waals surface area contributed by atoms with Crippen LogP contribution in [0.2, 0.25) is 0 Å². The zero-order valence-electron chi connectivity index (χ0n) is 20.5. The molecule has 3 aliphatic rings. The van der Waals surface area contributed by atoms with E-state index in [0.29, 0.717) is 89.0 Å². The van der Waals surface area contributed by atoms with Crippen LogP contribution in [0.25, 0.3) is 22.3 Å². The maximum atomic E-state index is 13.4. The summed E-state index contributed by atoms with van der Waals surface area (Å²) in [6.07, 6.45) is 5.54. The molecule has 0 bridgehead atoms. The fraction of sp³-hybridized carbons (Fsp3) is 0.462. The van der Waals surface area contributed by atoms with Gasteiger partial charge in [-0.25, -0.2) is 14.8 Å². The number of rotatable bonds is 7. The Morgan fingerprint density at radius 2 is 1.84 bits per heavy atom. The van der Waals surface area contributed by atoms with Crippen LogP contribution in [0.3, 0.4) is 0 Å². The SMILES string of the molecule is Cc1[nH]c2c(-c3c(OCC4CC4)ccc4c3OCO4)ncnc2c1C(=O)N[C@H]1CC[C@H](NC(=O)O)CC1. The van der Waals surface area contributed by atoms with Gasteiger partial charge in [0, 0.05) is 17.8 Å². The van der Waals surface area contributed by atoms with E-state index in [1.165, 1.54) is 19.2 Å². The first-order chi connectivity index (χ1) is 18.0. The molecular formula is C26H29N5O6. The number of fused-ring (bicyclic) bond motifs is 2. The lowest BCUT2D eigenvalue weighted by molar-refractivity contribution is 0.0924. The van der Waals surface area contributed by atoms with Crippen molar-refractivity contribution in [3.8, 4) is 28.5 Å². The number of nitrogens with zero attached hydrogens (tertiary/aromatic N) is 2. The zero-order valence-corrected chi connectivity index (χ0v) is 20.5. The summed E-state index contributed by atoms with van der Waals surface area (Å²) in [5.74, 6) is 2.20. The highest BCUT2D eigenvalue weighted by atomic mass is 16.7.